The second-order valence-corrected chi connectivity index (χ2v) is 10.9. The zero-order chi connectivity index (χ0) is 28.0. The number of nitrogens with zero attached hydrogens (tertiary/aromatic N) is 1. The number of nitrogens with one attached hydrogen (secondary N) is 2. The maximum Gasteiger partial charge on any atom is 0.262 e. The summed E-state index contributed by atoms with van der Waals surface area (Å²) in [4.78, 5) is 26.0. The number of benzene rings is 3. The Balaban J connectivity index is 1.45. The lowest BCUT2D eigenvalue weighted by Crippen LogP contribution is -2.31. The number of allylic oxidation sites excluding steroid dienone is 1. The normalized spacial score (nSPS) is 12.7. The average molecular weight is 548 g/mol. The summed E-state index contributed by atoms with van der Waals surface area (Å²) in [5.74, 6) is 2.25. The van der Waals surface area contributed by atoms with Crippen molar-refractivity contribution in [3.8, 4) is 11.5 Å². The van der Waals surface area contributed by atoms with E-state index in [4.69, 9.17) is 9.47 Å². The number of rotatable bonds is 10. The Hall–Kier alpha value is -4.21. The molecule has 2 N–H and O–H groups in total. The van der Waals surface area contributed by atoms with E-state index in [1.807, 2.05) is 61.3 Å². The number of carbonyl (C=O) groups excluding carboxylic acids is 2. The first-order chi connectivity index (χ1) is 18.7. The van der Waals surface area contributed by atoms with Crippen LogP contribution in [0.2, 0.25) is 0 Å². The Bertz CT molecular complexity index is 1560. The fourth-order valence-corrected chi connectivity index (χ4v) is 5.06. The van der Waals surface area contributed by atoms with Crippen molar-refractivity contribution in [3.63, 3.8) is 0 Å². The van der Waals surface area contributed by atoms with Crippen LogP contribution in [0.15, 0.2) is 83.5 Å². The minimum Gasteiger partial charge on any atom is -0.483 e. The monoisotopic (exact) mass is 547 g/mol. The molecule has 0 atom stereocenters. The third kappa shape index (κ3) is 6.81. The van der Waals surface area contributed by atoms with Crippen molar-refractivity contribution in [1.29, 1.82) is 0 Å². The zero-order valence-electron chi connectivity index (χ0n) is 21.9. The van der Waals surface area contributed by atoms with Crippen molar-refractivity contribution in [2.75, 3.05) is 39.1 Å². The molecule has 0 radical (unpaired) electrons. The first-order valence-electron chi connectivity index (χ1n) is 12.2. The smallest absolute Gasteiger partial charge is 0.262 e. The van der Waals surface area contributed by atoms with Gasteiger partial charge in [0, 0.05) is 36.0 Å². The SMILES string of the molecule is Cc1c(OCC(=O)Nc2cccc(S(=O)(=O)NCCN(C)C)c2)ccc2c1OC(=C=O)C=C2c1ccccc1. The third-order valence-electron chi connectivity index (χ3n) is 5.96. The van der Waals surface area contributed by atoms with Gasteiger partial charge in [-0.3, -0.25) is 4.79 Å². The summed E-state index contributed by atoms with van der Waals surface area (Å²) in [6, 6.07) is 19.2. The Morgan fingerprint density at radius 2 is 1.82 bits per heavy atom. The highest BCUT2D eigenvalue weighted by atomic mass is 32.2. The molecule has 9 nitrogen and oxygen atoms in total. The molecule has 4 rings (SSSR count). The van der Waals surface area contributed by atoms with E-state index in [0.29, 0.717) is 29.3 Å². The molecule has 202 valence electrons. The fraction of sp³-hybridized carbons (Fsp3) is 0.207. The lowest BCUT2D eigenvalue weighted by molar-refractivity contribution is -0.118. The van der Waals surface area contributed by atoms with Crippen LogP contribution < -0.4 is 19.5 Å². The summed E-state index contributed by atoms with van der Waals surface area (Å²) in [6.07, 6.45) is 1.64. The van der Waals surface area contributed by atoms with Gasteiger partial charge in [-0.25, -0.2) is 17.9 Å². The van der Waals surface area contributed by atoms with Crippen LogP contribution in [0.4, 0.5) is 5.69 Å². The maximum atomic E-state index is 12.6. The molecular formula is C29H29N3O6S. The fourth-order valence-electron chi connectivity index (χ4n) is 4.00. The highest BCUT2D eigenvalue weighted by Gasteiger charge is 2.23. The topological polar surface area (TPSA) is 114 Å². The summed E-state index contributed by atoms with van der Waals surface area (Å²) < 4.78 is 39.2. The minimum atomic E-state index is -3.72. The molecule has 0 aromatic heterocycles. The van der Waals surface area contributed by atoms with Crippen molar-refractivity contribution in [1.82, 2.24) is 9.62 Å². The highest BCUT2D eigenvalue weighted by Crippen LogP contribution is 2.42. The summed E-state index contributed by atoms with van der Waals surface area (Å²) in [7, 11) is -0.0206. The zero-order valence-corrected chi connectivity index (χ0v) is 22.7. The Kier molecular flexibility index (Phi) is 8.63. The molecule has 10 heteroatoms. The molecule has 1 aliphatic rings. The number of sulfonamides is 1. The Labute approximate surface area is 227 Å². The van der Waals surface area contributed by atoms with Gasteiger partial charge in [0.2, 0.25) is 15.8 Å². The number of hydrogen-bond acceptors (Lipinski definition) is 7. The van der Waals surface area contributed by atoms with Crippen molar-refractivity contribution in [2.24, 2.45) is 0 Å². The first-order valence-corrected chi connectivity index (χ1v) is 13.7. The molecule has 0 saturated carbocycles. The number of carbonyl (C=O) groups is 1. The molecule has 1 amide bonds. The number of amides is 1. The second-order valence-electron chi connectivity index (χ2n) is 9.12. The van der Waals surface area contributed by atoms with Crippen LogP contribution in [0.3, 0.4) is 0 Å². The number of anilines is 1. The van der Waals surface area contributed by atoms with E-state index in [0.717, 1.165) is 16.7 Å². The van der Waals surface area contributed by atoms with Crippen LogP contribution in [0.25, 0.3) is 5.57 Å². The van der Waals surface area contributed by atoms with Crippen molar-refractivity contribution >= 4 is 33.1 Å². The molecular weight excluding hydrogens is 518 g/mol. The first kappa shape index (κ1) is 27.8. The van der Waals surface area contributed by atoms with Gasteiger partial charge in [-0.1, -0.05) is 36.4 Å². The van der Waals surface area contributed by atoms with E-state index in [2.05, 4.69) is 10.0 Å². The van der Waals surface area contributed by atoms with Crippen molar-refractivity contribution < 1.29 is 27.5 Å². The van der Waals surface area contributed by atoms with Crippen LogP contribution in [-0.4, -0.2) is 59.0 Å². The van der Waals surface area contributed by atoms with E-state index < -0.39 is 15.9 Å². The van der Waals surface area contributed by atoms with Gasteiger partial charge in [0.25, 0.3) is 5.91 Å². The van der Waals surface area contributed by atoms with Gasteiger partial charge in [-0.05, 0) is 62.5 Å². The molecule has 3 aromatic carbocycles. The molecule has 0 bridgehead atoms. The van der Waals surface area contributed by atoms with E-state index in [1.165, 1.54) is 12.1 Å². The van der Waals surface area contributed by atoms with Gasteiger partial charge >= 0.3 is 0 Å². The van der Waals surface area contributed by atoms with Gasteiger partial charge in [0.1, 0.15) is 11.5 Å². The number of ether oxygens (including phenoxy) is 2. The van der Waals surface area contributed by atoms with Crippen LogP contribution in [0, 0.1) is 6.92 Å². The molecule has 0 fully saturated rings. The number of likely N-dealkylation sites (N-methyl/N-ethyl adjacent to an activating group) is 1. The highest BCUT2D eigenvalue weighted by molar-refractivity contribution is 7.89. The summed E-state index contributed by atoms with van der Waals surface area (Å²) in [5.41, 5.74) is 3.45. The predicted octanol–water partition coefficient (Wildman–Crippen LogP) is 3.39. The summed E-state index contributed by atoms with van der Waals surface area (Å²) in [5, 5.41) is 2.67. The summed E-state index contributed by atoms with van der Waals surface area (Å²) >= 11 is 0. The summed E-state index contributed by atoms with van der Waals surface area (Å²) in [6.45, 7) is 2.27. The van der Waals surface area contributed by atoms with E-state index in [1.54, 1.807) is 31.2 Å². The molecule has 0 unspecified atom stereocenters. The predicted molar refractivity (Wildman–Crippen MR) is 149 cm³/mol. The van der Waals surface area contributed by atoms with E-state index >= 15 is 0 Å². The average Bonchev–Trinajstić information content (AvgIpc) is 2.92. The van der Waals surface area contributed by atoms with Gasteiger partial charge < -0.3 is 19.7 Å². The Morgan fingerprint density at radius 1 is 1.05 bits per heavy atom. The lowest BCUT2D eigenvalue weighted by Gasteiger charge is -2.22. The maximum absolute atomic E-state index is 12.6. The van der Waals surface area contributed by atoms with Crippen LogP contribution in [0.5, 0.6) is 11.5 Å². The van der Waals surface area contributed by atoms with Gasteiger partial charge in [0.05, 0.1) is 4.90 Å². The van der Waals surface area contributed by atoms with Crippen LogP contribution in [0.1, 0.15) is 16.7 Å². The number of fused-ring (bicyclic) bond motifs is 1. The molecule has 0 spiro atoms. The van der Waals surface area contributed by atoms with Crippen LogP contribution >= 0.6 is 0 Å². The minimum absolute atomic E-state index is 0.0453. The quantitative estimate of drug-likeness (QED) is 0.374. The number of hydrogen-bond donors (Lipinski definition) is 2. The largest absolute Gasteiger partial charge is 0.483 e. The third-order valence-corrected chi connectivity index (χ3v) is 7.42. The van der Waals surface area contributed by atoms with E-state index in [9.17, 15) is 18.0 Å². The molecule has 1 heterocycles. The molecule has 0 saturated heterocycles. The lowest BCUT2D eigenvalue weighted by atomic mass is 9.93. The molecule has 39 heavy (non-hydrogen) atoms. The second kappa shape index (κ2) is 12.1. The Morgan fingerprint density at radius 3 is 2.54 bits per heavy atom. The molecule has 0 aliphatic carbocycles. The molecule has 3 aromatic rings. The van der Waals surface area contributed by atoms with Crippen molar-refractivity contribution in [3.05, 3.63) is 95.3 Å². The van der Waals surface area contributed by atoms with Gasteiger partial charge in [-0.15, -0.1) is 0 Å². The van der Waals surface area contributed by atoms with Crippen molar-refractivity contribution in [2.45, 2.75) is 11.8 Å². The molecule has 1 aliphatic heterocycles. The van der Waals surface area contributed by atoms with Gasteiger partial charge in [0.15, 0.2) is 12.5 Å². The van der Waals surface area contributed by atoms with Gasteiger partial charge in [-0.2, -0.15) is 0 Å². The van der Waals surface area contributed by atoms with E-state index in [-0.39, 0.29) is 23.8 Å². The standard InChI is InChI=1S/C29H29N3O6S/c1-20-27(13-12-25-26(21-8-5-4-6-9-21)17-23(18-33)38-29(20)25)37-19-28(34)31-22-10-7-11-24(16-22)39(35,36)30-14-15-32(2)3/h4-13,16-17,30H,14-15,19H2,1-3H3,(H,31,34). The van der Waals surface area contributed by atoms with Crippen LogP contribution in [-0.2, 0) is 19.6 Å².